The van der Waals surface area contributed by atoms with Gasteiger partial charge in [0, 0.05) is 26.7 Å². The third-order valence-corrected chi connectivity index (χ3v) is 7.22. The average Bonchev–Trinajstić information content (AvgIpc) is 2.82. The third-order valence-electron chi connectivity index (χ3n) is 5.15. The van der Waals surface area contributed by atoms with Gasteiger partial charge in [-0.25, -0.2) is 0 Å². The molecule has 3 rings (SSSR count). The lowest BCUT2D eigenvalue weighted by atomic mass is 10.0. The number of rotatable bonds is 10. The number of methoxy groups -OCH3 is 1. The maximum atomic E-state index is 12.2. The Bertz CT molecular complexity index is 879. The normalized spacial score (nSPS) is 25.0. The molecule has 0 aliphatic carbocycles. The van der Waals surface area contributed by atoms with Gasteiger partial charge in [-0.1, -0.05) is 84.2 Å². The molecule has 0 N–H and O–H groups in total. The lowest BCUT2D eigenvalue weighted by molar-refractivity contribution is -0.273. The summed E-state index contributed by atoms with van der Waals surface area (Å²) in [6.45, 7) is 3.75. The highest BCUT2D eigenvalue weighted by Crippen LogP contribution is 2.36. The van der Waals surface area contributed by atoms with Crippen LogP contribution in [-0.4, -0.2) is 52.9 Å². The molecule has 1 saturated heterocycles. The van der Waals surface area contributed by atoms with Gasteiger partial charge in [0.2, 0.25) is 0 Å². The second-order valence-corrected chi connectivity index (χ2v) is 10.2. The summed E-state index contributed by atoms with van der Waals surface area (Å²) >= 11 is 2.34. The van der Waals surface area contributed by atoms with E-state index >= 15 is 0 Å². The van der Waals surface area contributed by atoms with Crippen LogP contribution in [0.5, 0.6) is 0 Å². The Morgan fingerprint density at radius 1 is 0.848 bits per heavy atom. The fourth-order valence-corrected chi connectivity index (χ4v) is 5.50. The summed E-state index contributed by atoms with van der Waals surface area (Å²) in [5.41, 5.74) is 2.03. The van der Waals surface area contributed by atoms with Gasteiger partial charge in [-0.05, 0) is 11.1 Å². The van der Waals surface area contributed by atoms with Crippen LogP contribution in [0.25, 0.3) is 0 Å². The summed E-state index contributed by atoms with van der Waals surface area (Å²) in [5, 5.41) is -0.416. The van der Waals surface area contributed by atoms with Crippen molar-refractivity contribution in [2.75, 3.05) is 12.9 Å². The number of benzene rings is 2. The molecule has 178 valence electrons. The summed E-state index contributed by atoms with van der Waals surface area (Å²) in [7, 11) is 1.56. The van der Waals surface area contributed by atoms with Gasteiger partial charge in [0.15, 0.2) is 16.5 Å². The molecule has 2 aromatic rings. The highest BCUT2D eigenvalue weighted by molar-refractivity contribution is 8.14. The van der Waals surface area contributed by atoms with E-state index in [1.54, 1.807) is 7.11 Å². The maximum absolute atomic E-state index is 12.2. The molecule has 1 heterocycles. The molecule has 0 saturated carbocycles. The number of hydrogen-bond donors (Lipinski definition) is 0. The van der Waals surface area contributed by atoms with E-state index in [0.717, 1.165) is 11.1 Å². The number of thioether (sulfide) groups is 2. The third kappa shape index (κ3) is 7.95. The molecule has 5 unspecified atom stereocenters. The Morgan fingerprint density at radius 2 is 1.39 bits per heavy atom. The zero-order chi connectivity index (χ0) is 23.6. The monoisotopic (exact) mass is 490 g/mol. The topological polar surface area (TPSA) is 71.1 Å². The Kier molecular flexibility index (Phi) is 10.4. The van der Waals surface area contributed by atoms with Crippen LogP contribution in [0, 0.1) is 0 Å². The van der Waals surface area contributed by atoms with Crippen molar-refractivity contribution in [2.45, 2.75) is 56.9 Å². The minimum absolute atomic E-state index is 0.0108. The van der Waals surface area contributed by atoms with Crippen LogP contribution in [0.1, 0.15) is 25.0 Å². The second-order valence-electron chi connectivity index (χ2n) is 7.68. The maximum Gasteiger partial charge on any atom is 0.186 e. The molecule has 5 atom stereocenters. The molecule has 0 spiro atoms. The van der Waals surface area contributed by atoms with E-state index in [1.807, 2.05) is 60.7 Å². The van der Waals surface area contributed by atoms with Crippen molar-refractivity contribution in [2.24, 2.45) is 0 Å². The summed E-state index contributed by atoms with van der Waals surface area (Å²) in [6.07, 6.45) is -2.17. The van der Waals surface area contributed by atoms with Crippen LogP contribution >= 0.6 is 23.5 Å². The Balaban J connectivity index is 1.86. The minimum atomic E-state index is -0.698. The fourth-order valence-electron chi connectivity index (χ4n) is 3.63. The molecule has 1 aliphatic heterocycles. The Hall–Kier alpha value is -1.68. The fraction of sp³-hybridized carbons (Fsp3) is 0.440. The highest BCUT2D eigenvalue weighted by atomic mass is 32.2. The van der Waals surface area contributed by atoms with Gasteiger partial charge in [0.1, 0.15) is 12.2 Å². The minimum Gasteiger partial charge on any atom is -0.369 e. The van der Waals surface area contributed by atoms with Gasteiger partial charge in [-0.15, -0.1) is 0 Å². The SMILES string of the molecule is COC1OC(CSC(C)=O)C(SC(C)=O)C(OCc2ccccc2)C1OCc1ccccc1. The number of carbonyl (C=O) groups excluding carboxylic acids is 2. The van der Waals surface area contributed by atoms with E-state index in [0.29, 0.717) is 19.0 Å². The zero-order valence-electron chi connectivity index (χ0n) is 19.0. The molecular weight excluding hydrogens is 460 g/mol. The summed E-state index contributed by atoms with van der Waals surface area (Å²) in [4.78, 5) is 23.8. The summed E-state index contributed by atoms with van der Waals surface area (Å²) < 4.78 is 24.5. The van der Waals surface area contributed by atoms with E-state index in [4.69, 9.17) is 18.9 Å². The van der Waals surface area contributed by atoms with Crippen LogP contribution in [0.15, 0.2) is 60.7 Å². The van der Waals surface area contributed by atoms with Crippen LogP contribution < -0.4 is 0 Å². The van der Waals surface area contributed by atoms with Crippen molar-refractivity contribution in [3.05, 3.63) is 71.8 Å². The quantitative estimate of drug-likeness (QED) is 0.484. The van der Waals surface area contributed by atoms with Crippen molar-refractivity contribution in [3.8, 4) is 0 Å². The first-order valence-electron chi connectivity index (χ1n) is 10.8. The van der Waals surface area contributed by atoms with E-state index in [1.165, 1.54) is 37.4 Å². The van der Waals surface area contributed by atoms with Crippen LogP contribution in [-0.2, 0) is 41.8 Å². The van der Waals surface area contributed by atoms with Gasteiger partial charge < -0.3 is 18.9 Å². The zero-order valence-corrected chi connectivity index (χ0v) is 20.7. The van der Waals surface area contributed by atoms with Gasteiger partial charge >= 0.3 is 0 Å². The van der Waals surface area contributed by atoms with E-state index in [9.17, 15) is 9.59 Å². The molecule has 0 radical (unpaired) electrons. The molecular formula is C25H30O6S2. The number of ether oxygens (including phenoxy) is 4. The first-order chi connectivity index (χ1) is 16.0. The smallest absolute Gasteiger partial charge is 0.186 e. The second kappa shape index (κ2) is 13.3. The van der Waals surface area contributed by atoms with Gasteiger partial charge in [0.25, 0.3) is 0 Å². The Morgan fingerprint density at radius 3 is 1.88 bits per heavy atom. The van der Waals surface area contributed by atoms with Crippen LogP contribution in [0.3, 0.4) is 0 Å². The molecule has 1 aliphatic rings. The van der Waals surface area contributed by atoms with E-state index in [2.05, 4.69) is 0 Å². The van der Waals surface area contributed by atoms with Crippen molar-refractivity contribution < 1.29 is 28.5 Å². The van der Waals surface area contributed by atoms with Gasteiger partial charge in [-0.3, -0.25) is 9.59 Å². The molecule has 8 heteroatoms. The molecule has 33 heavy (non-hydrogen) atoms. The first kappa shape index (κ1) is 25.9. The number of carbonyl (C=O) groups is 2. The standard InChI is InChI=1S/C25H30O6S2/c1-17(26)32-16-21-24(33-18(2)27)22(29-14-19-10-6-4-7-11-19)23(25(28-3)31-21)30-15-20-12-8-5-9-13-20/h4-13,21-25H,14-16H2,1-3H3. The Labute approximate surface area is 203 Å². The highest BCUT2D eigenvalue weighted by Gasteiger charge is 2.48. The largest absolute Gasteiger partial charge is 0.369 e. The van der Waals surface area contributed by atoms with Gasteiger partial charge in [0.05, 0.1) is 24.6 Å². The lowest BCUT2D eigenvalue weighted by Gasteiger charge is -2.45. The van der Waals surface area contributed by atoms with E-state index in [-0.39, 0.29) is 15.5 Å². The molecule has 0 bridgehead atoms. The summed E-state index contributed by atoms with van der Waals surface area (Å²) in [5.74, 6) is 0.400. The van der Waals surface area contributed by atoms with Crippen LogP contribution in [0.2, 0.25) is 0 Å². The van der Waals surface area contributed by atoms with E-state index < -0.39 is 24.6 Å². The molecule has 0 aromatic heterocycles. The predicted octanol–water partition coefficient (Wildman–Crippen LogP) is 4.46. The van der Waals surface area contributed by atoms with Crippen molar-refractivity contribution in [1.29, 1.82) is 0 Å². The van der Waals surface area contributed by atoms with Gasteiger partial charge in [-0.2, -0.15) is 0 Å². The molecule has 1 fully saturated rings. The average molecular weight is 491 g/mol. The predicted molar refractivity (Wildman–Crippen MR) is 131 cm³/mol. The summed E-state index contributed by atoms with van der Waals surface area (Å²) in [6, 6.07) is 19.7. The lowest BCUT2D eigenvalue weighted by Crippen LogP contribution is -2.59. The van der Waals surface area contributed by atoms with Crippen LogP contribution in [0.4, 0.5) is 0 Å². The van der Waals surface area contributed by atoms with Crippen molar-refractivity contribution >= 4 is 33.8 Å². The van der Waals surface area contributed by atoms with Crippen molar-refractivity contribution in [3.63, 3.8) is 0 Å². The first-order valence-corrected chi connectivity index (χ1v) is 12.6. The molecule has 0 amide bonds. The van der Waals surface area contributed by atoms with Crippen molar-refractivity contribution in [1.82, 2.24) is 0 Å². The number of hydrogen-bond acceptors (Lipinski definition) is 8. The molecule has 6 nitrogen and oxygen atoms in total. The molecule has 2 aromatic carbocycles.